The molecule has 0 aliphatic carbocycles. The highest BCUT2D eigenvalue weighted by Gasteiger charge is 2.36. The normalized spacial score (nSPS) is 21.3. The smallest absolute Gasteiger partial charge is 0.225 e. The number of nitrogens with zero attached hydrogens (tertiary/aromatic N) is 1. The van der Waals surface area contributed by atoms with E-state index in [1.54, 1.807) is 6.07 Å². The van der Waals surface area contributed by atoms with Crippen molar-refractivity contribution in [2.24, 2.45) is 17.6 Å². The Morgan fingerprint density at radius 3 is 2.64 bits per heavy atom. The first kappa shape index (κ1) is 17.6. The second-order valence-electron chi connectivity index (χ2n) is 6.99. The van der Waals surface area contributed by atoms with E-state index in [9.17, 15) is 9.18 Å². The molecule has 1 aliphatic heterocycles. The van der Waals surface area contributed by atoms with Crippen molar-refractivity contribution in [3.8, 4) is 0 Å². The van der Waals surface area contributed by atoms with Gasteiger partial charge in [0.25, 0.3) is 0 Å². The minimum absolute atomic E-state index is 0.126. The van der Waals surface area contributed by atoms with Crippen molar-refractivity contribution in [1.29, 1.82) is 0 Å². The molecule has 1 unspecified atom stereocenters. The number of rotatable bonds is 5. The van der Waals surface area contributed by atoms with Crippen LogP contribution < -0.4 is 5.73 Å². The summed E-state index contributed by atoms with van der Waals surface area (Å²) in [6.07, 6.45) is 0.552. The number of carbonyl (C=O) groups is 1. The Morgan fingerprint density at radius 2 is 1.96 bits per heavy atom. The van der Waals surface area contributed by atoms with Crippen LogP contribution in [0.2, 0.25) is 0 Å². The molecule has 1 amide bonds. The van der Waals surface area contributed by atoms with E-state index < -0.39 is 0 Å². The lowest BCUT2D eigenvalue weighted by atomic mass is 9.89. The Balaban J connectivity index is 1.68. The topological polar surface area (TPSA) is 46.3 Å². The van der Waals surface area contributed by atoms with Gasteiger partial charge in [-0.1, -0.05) is 49.4 Å². The highest BCUT2D eigenvalue weighted by Crippen LogP contribution is 2.33. The van der Waals surface area contributed by atoms with E-state index in [0.717, 1.165) is 5.56 Å². The summed E-state index contributed by atoms with van der Waals surface area (Å²) in [5, 5.41) is 0. The lowest BCUT2D eigenvalue weighted by molar-refractivity contribution is -0.134. The molecule has 1 heterocycles. The Hall–Kier alpha value is -2.20. The summed E-state index contributed by atoms with van der Waals surface area (Å²) in [4.78, 5) is 14.8. The number of hydrogen-bond acceptors (Lipinski definition) is 2. The van der Waals surface area contributed by atoms with Gasteiger partial charge in [-0.15, -0.1) is 0 Å². The summed E-state index contributed by atoms with van der Waals surface area (Å²) in [7, 11) is 0. The quantitative estimate of drug-likeness (QED) is 0.908. The van der Waals surface area contributed by atoms with Gasteiger partial charge in [0.15, 0.2) is 0 Å². The van der Waals surface area contributed by atoms with Gasteiger partial charge in [-0.2, -0.15) is 0 Å². The largest absolute Gasteiger partial charge is 0.341 e. The molecule has 4 heteroatoms. The third kappa shape index (κ3) is 4.07. The van der Waals surface area contributed by atoms with Gasteiger partial charge < -0.3 is 10.6 Å². The second-order valence-corrected chi connectivity index (χ2v) is 6.99. The summed E-state index contributed by atoms with van der Waals surface area (Å²) in [6, 6.07) is 16.8. The Morgan fingerprint density at radius 1 is 1.20 bits per heavy atom. The van der Waals surface area contributed by atoms with Gasteiger partial charge in [-0.05, 0) is 42.1 Å². The number of carbonyl (C=O) groups excluding carboxylic acids is 1. The summed E-state index contributed by atoms with van der Waals surface area (Å²) in [5.41, 5.74) is 8.06. The highest BCUT2D eigenvalue weighted by molar-refractivity contribution is 5.79. The molecule has 0 spiro atoms. The summed E-state index contributed by atoms with van der Waals surface area (Å²) >= 11 is 0. The molecule has 1 saturated heterocycles. The first-order valence-electron chi connectivity index (χ1n) is 8.86. The van der Waals surface area contributed by atoms with E-state index in [4.69, 9.17) is 5.73 Å². The molecule has 3 rings (SSSR count). The third-order valence-electron chi connectivity index (χ3n) is 5.14. The van der Waals surface area contributed by atoms with Gasteiger partial charge >= 0.3 is 0 Å². The van der Waals surface area contributed by atoms with Gasteiger partial charge in [0, 0.05) is 24.9 Å². The third-order valence-corrected chi connectivity index (χ3v) is 5.14. The second kappa shape index (κ2) is 7.79. The molecule has 0 aromatic heterocycles. The number of likely N-dealkylation sites (tertiary alicyclic amines) is 1. The fourth-order valence-electron chi connectivity index (χ4n) is 3.78. The highest BCUT2D eigenvalue weighted by atomic mass is 19.1. The van der Waals surface area contributed by atoms with Gasteiger partial charge in [-0.3, -0.25) is 4.79 Å². The van der Waals surface area contributed by atoms with Crippen molar-refractivity contribution in [3.05, 3.63) is 71.5 Å². The van der Waals surface area contributed by atoms with Crippen LogP contribution in [0.15, 0.2) is 54.6 Å². The fourth-order valence-corrected chi connectivity index (χ4v) is 3.78. The SMILES string of the molecule is CC(Cc1cccc(F)c1)C(=O)N1C[C@@H](CN)[C@H](c2ccccc2)C1. The van der Waals surface area contributed by atoms with Crippen LogP contribution in [0, 0.1) is 17.7 Å². The zero-order valence-corrected chi connectivity index (χ0v) is 14.6. The monoisotopic (exact) mass is 340 g/mol. The molecule has 0 bridgehead atoms. The molecule has 0 radical (unpaired) electrons. The van der Waals surface area contributed by atoms with Crippen molar-refractivity contribution in [3.63, 3.8) is 0 Å². The molecule has 1 aliphatic rings. The maximum absolute atomic E-state index is 13.3. The Bertz CT molecular complexity index is 719. The van der Waals surface area contributed by atoms with Crippen molar-refractivity contribution in [2.45, 2.75) is 19.3 Å². The Kier molecular flexibility index (Phi) is 5.49. The molecule has 25 heavy (non-hydrogen) atoms. The van der Waals surface area contributed by atoms with E-state index in [1.165, 1.54) is 17.7 Å². The lowest BCUT2D eigenvalue weighted by Crippen LogP contribution is -2.34. The molecular formula is C21H25FN2O. The number of hydrogen-bond donors (Lipinski definition) is 1. The van der Waals surface area contributed by atoms with Gasteiger partial charge in [-0.25, -0.2) is 4.39 Å². The minimum atomic E-state index is -0.259. The molecule has 3 atom stereocenters. The van der Waals surface area contributed by atoms with Crippen molar-refractivity contribution < 1.29 is 9.18 Å². The summed E-state index contributed by atoms with van der Waals surface area (Å²) in [5.74, 6) is 0.269. The number of benzene rings is 2. The maximum Gasteiger partial charge on any atom is 0.225 e. The molecular weight excluding hydrogens is 315 g/mol. The lowest BCUT2D eigenvalue weighted by Gasteiger charge is -2.21. The van der Waals surface area contributed by atoms with Crippen LogP contribution in [-0.4, -0.2) is 30.4 Å². The molecule has 3 nitrogen and oxygen atoms in total. The van der Waals surface area contributed by atoms with Gasteiger partial charge in [0.1, 0.15) is 5.82 Å². The first-order valence-corrected chi connectivity index (χ1v) is 8.86. The molecule has 2 aromatic carbocycles. The van der Waals surface area contributed by atoms with Crippen molar-refractivity contribution in [2.75, 3.05) is 19.6 Å². The zero-order chi connectivity index (χ0) is 17.8. The van der Waals surface area contributed by atoms with E-state index in [2.05, 4.69) is 12.1 Å². The van der Waals surface area contributed by atoms with Crippen LogP contribution in [0.25, 0.3) is 0 Å². The molecule has 0 saturated carbocycles. The molecule has 2 N–H and O–H groups in total. The predicted molar refractivity (Wildman–Crippen MR) is 97.6 cm³/mol. The predicted octanol–water partition coefficient (Wildman–Crippen LogP) is 3.21. The standard InChI is InChI=1S/C21H25FN2O/c1-15(10-16-6-5-9-19(22)11-16)21(25)24-13-18(12-23)20(14-24)17-7-3-2-4-8-17/h2-9,11,15,18,20H,10,12-14,23H2,1H3/t15?,18-,20+/m1/s1. The van der Waals surface area contributed by atoms with Gasteiger partial charge in [0.2, 0.25) is 5.91 Å². The number of halogens is 1. The van der Waals surface area contributed by atoms with Crippen LogP contribution >= 0.6 is 0 Å². The zero-order valence-electron chi connectivity index (χ0n) is 14.6. The average Bonchev–Trinajstić information content (AvgIpc) is 3.06. The van der Waals surface area contributed by atoms with Crippen LogP contribution in [0.4, 0.5) is 4.39 Å². The van der Waals surface area contributed by atoms with E-state index in [1.807, 2.05) is 36.1 Å². The van der Waals surface area contributed by atoms with E-state index in [0.29, 0.717) is 26.1 Å². The maximum atomic E-state index is 13.3. The van der Waals surface area contributed by atoms with E-state index in [-0.39, 0.29) is 29.5 Å². The van der Waals surface area contributed by atoms with Crippen molar-refractivity contribution in [1.82, 2.24) is 4.90 Å². The molecule has 1 fully saturated rings. The number of nitrogens with two attached hydrogens (primary N) is 1. The minimum Gasteiger partial charge on any atom is -0.341 e. The van der Waals surface area contributed by atoms with Crippen LogP contribution in [0.3, 0.4) is 0 Å². The van der Waals surface area contributed by atoms with Crippen LogP contribution in [0.5, 0.6) is 0 Å². The van der Waals surface area contributed by atoms with E-state index >= 15 is 0 Å². The Labute approximate surface area is 148 Å². The average molecular weight is 340 g/mol. The van der Waals surface area contributed by atoms with Crippen molar-refractivity contribution >= 4 is 5.91 Å². The first-order chi connectivity index (χ1) is 12.1. The van der Waals surface area contributed by atoms with Crippen LogP contribution in [0.1, 0.15) is 24.0 Å². The molecule has 2 aromatic rings. The van der Waals surface area contributed by atoms with Crippen LogP contribution in [-0.2, 0) is 11.2 Å². The summed E-state index contributed by atoms with van der Waals surface area (Å²) < 4.78 is 13.3. The fraction of sp³-hybridized carbons (Fsp3) is 0.381. The summed E-state index contributed by atoms with van der Waals surface area (Å²) in [6.45, 7) is 3.89. The number of amides is 1. The molecule has 132 valence electrons. The van der Waals surface area contributed by atoms with Gasteiger partial charge in [0.05, 0.1) is 0 Å².